The number of carbonyl (C=O) groups is 1. The molecule has 0 saturated heterocycles. The Morgan fingerprint density at radius 2 is 1.52 bits per heavy atom. The summed E-state index contributed by atoms with van der Waals surface area (Å²) in [7, 11) is 2.48. The fourth-order valence-electron chi connectivity index (χ4n) is 2.19. The number of benzene rings is 2. The molecule has 0 aliphatic heterocycles. The smallest absolute Gasteiger partial charge is 0.341 e. The number of ether oxygens (including phenoxy) is 2. The van der Waals surface area contributed by atoms with Gasteiger partial charge in [0.15, 0.2) is 23.3 Å². The Morgan fingerprint density at radius 1 is 0.963 bits per heavy atom. The molecule has 0 aromatic heterocycles. The Labute approximate surface area is 155 Å². The molecule has 2 rings (SSSR count). The maximum absolute atomic E-state index is 13.8. The van der Waals surface area contributed by atoms with Crippen LogP contribution in [0.15, 0.2) is 35.4 Å². The average molecular weight is 404 g/mol. The van der Waals surface area contributed by atoms with Gasteiger partial charge in [0, 0.05) is 21.8 Å². The lowest BCUT2D eigenvalue weighted by atomic mass is 10.1. The van der Waals surface area contributed by atoms with Gasteiger partial charge in [-0.05, 0) is 6.07 Å². The molecular weight excluding hydrogens is 391 g/mol. The molecule has 0 radical (unpaired) electrons. The Bertz CT molecular complexity index is 870. The SMILES string of the molecule is COC=C(C(=O)OC)c1ccccc1SCc1c(F)c(F)c(F)c(F)c1F. The van der Waals surface area contributed by atoms with Crippen LogP contribution in [0.1, 0.15) is 11.1 Å². The van der Waals surface area contributed by atoms with Crippen LogP contribution in [0.2, 0.25) is 0 Å². The monoisotopic (exact) mass is 404 g/mol. The molecule has 9 heteroatoms. The topological polar surface area (TPSA) is 35.5 Å². The summed E-state index contributed by atoms with van der Waals surface area (Å²) in [5.41, 5.74) is -0.609. The molecule has 27 heavy (non-hydrogen) atoms. The number of methoxy groups -OCH3 is 2. The number of rotatable bonds is 6. The van der Waals surface area contributed by atoms with Crippen molar-refractivity contribution in [3.63, 3.8) is 0 Å². The van der Waals surface area contributed by atoms with E-state index < -0.39 is 46.4 Å². The second-order valence-electron chi connectivity index (χ2n) is 5.09. The summed E-state index contributed by atoms with van der Waals surface area (Å²) in [5.74, 6) is -11.3. The number of hydrogen-bond donors (Lipinski definition) is 0. The van der Waals surface area contributed by atoms with Crippen LogP contribution in [0.5, 0.6) is 0 Å². The first kappa shape index (κ1) is 20.8. The molecular formula is C18H13F5O3S. The van der Waals surface area contributed by atoms with E-state index in [1.807, 2.05) is 0 Å². The first-order valence-corrected chi connectivity index (χ1v) is 8.35. The summed E-state index contributed by atoms with van der Waals surface area (Å²) in [6, 6.07) is 6.25. The van der Waals surface area contributed by atoms with Gasteiger partial charge < -0.3 is 9.47 Å². The minimum absolute atomic E-state index is 0.0283. The first-order chi connectivity index (χ1) is 12.8. The lowest BCUT2D eigenvalue weighted by molar-refractivity contribution is -0.133. The van der Waals surface area contributed by atoms with Crippen molar-refractivity contribution in [3.05, 3.63) is 70.7 Å². The van der Waals surface area contributed by atoms with Gasteiger partial charge in [0.25, 0.3) is 0 Å². The molecule has 0 aliphatic carbocycles. The highest BCUT2D eigenvalue weighted by molar-refractivity contribution is 7.98. The van der Waals surface area contributed by atoms with Gasteiger partial charge in [-0.25, -0.2) is 26.7 Å². The molecule has 0 amide bonds. The molecule has 0 N–H and O–H groups in total. The van der Waals surface area contributed by atoms with E-state index in [9.17, 15) is 26.7 Å². The van der Waals surface area contributed by atoms with Crippen molar-refractivity contribution in [2.45, 2.75) is 10.6 Å². The molecule has 0 heterocycles. The molecule has 144 valence electrons. The summed E-state index contributed by atoms with van der Waals surface area (Å²) >= 11 is 0.794. The number of hydrogen-bond acceptors (Lipinski definition) is 4. The van der Waals surface area contributed by atoms with Crippen LogP contribution < -0.4 is 0 Å². The predicted octanol–water partition coefficient (Wildman–Crippen LogP) is 4.83. The van der Waals surface area contributed by atoms with Crippen molar-refractivity contribution in [2.24, 2.45) is 0 Å². The third kappa shape index (κ3) is 4.24. The van der Waals surface area contributed by atoms with E-state index in [2.05, 4.69) is 4.74 Å². The molecule has 0 saturated carbocycles. The van der Waals surface area contributed by atoms with Gasteiger partial charge in [-0.2, -0.15) is 0 Å². The van der Waals surface area contributed by atoms with E-state index in [1.165, 1.54) is 19.2 Å². The minimum atomic E-state index is -2.21. The molecule has 0 spiro atoms. The fourth-order valence-corrected chi connectivity index (χ4v) is 3.25. The van der Waals surface area contributed by atoms with E-state index in [1.54, 1.807) is 12.1 Å². The normalized spacial score (nSPS) is 11.4. The van der Waals surface area contributed by atoms with Crippen molar-refractivity contribution in [1.82, 2.24) is 0 Å². The average Bonchev–Trinajstić information content (AvgIpc) is 2.69. The van der Waals surface area contributed by atoms with E-state index in [-0.39, 0.29) is 5.57 Å². The van der Waals surface area contributed by atoms with Crippen LogP contribution in [0.4, 0.5) is 22.0 Å². The number of thioether (sulfide) groups is 1. The number of halogens is 5. The predicted molar refractivity (Wildman–Crippen MR) is 89.2 cm³/mol. The van der Waals surface area contributed by atoms with Gasteiger partial charge in [0.1, 0.15) is 5.57 Å². The standard InChI is InChI=1S/C18H13F5O3S/c1-25-7-10(18(24)26-2)9-5-3-4-6-12(9)27-8-11-13(19)15(21)17(23)16(22)14(11)20/h3-7H,8H2,1-2H3. The van der Waals surface area contributed by atoms with Gasteiger partial charge in [-0.1, -0.05) is 18.2 Å². The van der Waals surface area contributed by atoms with Crippen molar-refractivity contribution in [2.75, 3.05) is 14.2 Å². The van der Waals surface area contributed by atoms with E-state index in [0.717, 1.165) is 25.1 Å². The van der Waals surface area contributed by atoms with Crippen LogP contribution >= 0.6 is 11.8 Å². The third-order valence-corrected chi connectivity index (χ3v) is 4.59. The van der Waals surface area contributed by atoms with E-state index >= 15 is 0 Å². The molecule has 0 unspecified atom stereocenters. The Kier molecular flexibility index (Phi) is 6.84. The zero-order valence-electron chi connectivity index (χ0n) is 14.1. The van der Waals surface area contributed by atoms with Gasteiger partial charge >= 0.3 is 5.97 Å². The summed E-state index contributed by atoms with van der Waals surface area (Å²) < 4.78 is 77.0. The van der Waals surface area contributed by atoms with Gasteiger partial charge in [-0.3, -0.25) is 0 Å². The third-order valence-electron chi connectivity index (χ3n) is 3.49. The molecule has 0 atom stereocenters. The van der Waals surface area contributed by atoms with Crippen LogP contribution in [0.3, 0.4) is 0 Å². The van der Waals surface area contributed by atoms with Gasteiger partial charge in [0.2, 0.25) is 5.82 Å². The number of carbonyl (C=O) groups excluding carboxylic acids is 1. The van der Waals surface area contributed by atoms with Crippen LogP contribution in [0.25, 0.3) is 5.57 Å². The molecule has 3 nitrogen and oxygen atoms in total. The lowest BCUT2D eigenvalue weighted by Crippen LogP contribution is -2.07. The van der Waals surface area contributed by atoms with Crippen molar-refractivity contribution in [3.8, 4) is 0 Å². The van der Waals surface area contributed by atoms with E-state index in [0.29, 0.717) is 10.5 Å². The summed E-state index contributed by atoms with van der Waals surface area (Å²) in [4.78, 5) is 12.3. The van der Waals surface area contributed by atoms with Crippen molar-refractivity contribution >= 4 is 23.3 Å². The quantitative estimate of drug-likeness (QED) is 0.131. The van der Waals surface area contributed by atoms with Crippen LogP contribution in [0, 0.1) is 29.1 Å². The Balaban J connectivity index is 2.42. The van der Waals surface area contributed by atoms with Gasteiger partial charge in [-0.15, -0.1) is 11.8 Å². The maximum Gasteiger partial charge on any atom is 0.341 e. The second-order valence-corrected chi connectivity index (χ2v) is 6.11. The Morgan fingerprint density at radius 3 is 2.07 bits per heavy atom. The van der Waals surface area contributed by atoms with Crippen molar-refractivity contribution in [1.29, 1.82) is 0 Å². The summed E-state index contributed by atoms with van der Waals surface area (Å²) in [5, 5.41) is 0. The largest absolute Gasteiger partial charge is 0.503 e. The number of esters is 1. The summed E-state index contributed by atoms with van der Waals surface area (Å²) in [6.45, 7) is 0. The highest BCUT2D eigenvalue weighted by atomic mass is 32.2. The lowest BCUT2D eigenvalue weighted by Gasteiger charge is -2.12. The molecule has 2 aromatic rings. The highest BCUT2D eigenvalue weighted by Gasteiger charge is 2.26. The minimum Gasteiger partial charge on any atom is -0.503 e. The van der Waals surface area contributed by atoms with E-state index in [4.69, 9.17) is 4.74 Å². The zero-order valence-corrected chi connectivity index (χ0v) is 14.9. The second kappa shape index (κ2) is 8.90. The highest BCUT2D eigenvalue weighted by Crippen LogP contribution is 2.34. The Hall–Kier alpha value is -2.55. The van der Waals surface area contributed by atoms with Crippen molar-refractivity contribution < 1.29 is 36.2 Å². The molecule has 2 aromatic carbocycles. The fraction of sp³-hybridized carbons (Fsp3) is 0.167. The maximum atomic E-state index is 13.8. The summed E-state index contributed by atoms with van der Waals surface area (Å²) in [6.07, 6.45) is 1.13. The van der Waals surface area contributed by atoms with Crippen LogP contribution in [-0.4, -0.2) is 20.2 Å². The van der Waals surface area contributed by atoms with Crippen LogP contribution in [-0.2, 0) is 20.0 Å². The zero-order chi connectivity index (χ0) is 20.1. The molecule has 0 bridgehead atoms. The molecule has 0 fully saturated rings. The molecule has 0 aliphatic rings. The first-order valence-electron chi connectivity index (χ1n) is 7.37. The van der Waals surface area contributed by atoms with Gasteiger partial charge in [0.05, 0.1) is 20.5 Å².